The average Bonchev–Trinajstić information content (AvgIpc) is 2.61. The molecule has 1 aliphatic rings. The highest BCUT2D eigenvalue weighted by Crippen LogP contribution is 2.28. The van der Waals surface area contributed by atoms with Crippen molar-refractivity contribution in [1.82, 2.24) is 5.32 Å². The van der Waals surface area contributed by atoms with E-state index in [1.54, 1.807) is 0 Å². The summed E-state index contributed by atoms with van der Waals surface area (Å²) in [5.41, 5.74) is 0.659. The fourth-order valence-corrected chi connectivity index (χ4v) is 1.90. The quantitative estimate of drug-likeness (QED) is 0.782. The number of carbonyl (C=O) groups is 2. The van der Waals surface area contributed by atoms with Crippen molar-refractivity contribution in [3.63, 3.8) is 0 Å². The zero-order valence-corrected chi connectivity index (χ0v) is 8.31. The largest absolute Gasteiger partial charge is 0.480 e. The Hall–Kier alpha value is -1.91. The summed E-state index contributed by atoms with van der Waals surface area (Å²) >= 11 is 0. The lowest BCUT2D eigenvalue weighted by molar-refractivity contribution is -0.140. The van der Waals surface area contributed by atoms with Crippen LogP contribution in [0.1, 0.15) is 17.9 Å². The van der Waals surface area contributed by atoms with E-state index in [9.17, 15) is 14.0 Å². The maximum Gasteiger partial charge on any atom is 0.326 e. The molecule has 1 aromatic carbocycles. The Morgan fingerprint density at radius 1 is 1.38 bits per heavy atom. The van der Waals surface area contributed by atoms with Gasteiger partial charge in [-0.3, -0.25) is 4.79 Å². The van der Waals surface area contributed by atoms with E-state index in [-0.39, 0.29) is 18.1 Å². The van der Waals surface area contributed by atoms with Crippen LogP contribution < -0.4 is 5.32 Å². The van der Waals surface area contributed by atoms with Crippen LogP contribution in [0.15, 0.2) is 24.3 Å². The van der Waals surface area contributed by atoms with Crippen molar-refractivity contribution in [3.05, 3.63) is 35.6 Å². The molecule has 0 spiro atoms. The third-order valence-electron chi connectivity index (χ3n) is 2.69. The first kappa shape index (κ1) is 10.6. The van der Waals surface area contributed by atoms with Crippen LogP contribution in [0.4, 0.5) is 4.39 Å². The van der Waals surface area contributed by atoms with Gasteiger partial charge in [-0.15, -0.1) is 0 Å². The first-order valence-corrected chi connectivity index (χ1v) is 4.85. The number of amides is 1. The van der Waals surface area contributed by atoms with E-state index < -0.39 is 17.9 Å². The molecule has 1 aromatic rings. The molecule has 16 heavy (non-hydrogen) atoms. The summed E-state index contributed by atoms with van der Waals surface area (Å²) in [5, 5.41) is 11.3. The van der Waals surface area contributed by atoms with Gasteiger partial charge < -0.3 is 10.4 Å². The average molecular weight is 223 g/mol. The molecular weight excluding hydrogens is 213 g/mol. The first-order chi connectivity index (χ1) is 7.58. The summed E-state index contributed by atoms with van der Waals surface area (Å²) in [6.07, 6.45) is 0.128. The molecule has 84 valence electrons. The number of halogens is 1. The summed E-state index contributed by atoms with van der Waals surface area (Å²) < 4.78 is 12.7. The fourth-order valence-electron chi connectivity index (χ4n) is 1.90. The molecule has 0 bridgehead atoms. The van der Waals surface area contributed by atoms with Crippen molar-refractivity contribution in [3.8, 4) is 0 Å². The summed E-state index contributed by atoms with van der Waals surface area (Å²) in [7, 11) is 0. The second-order valence-electron chi connectivity index (χ2n) is 3.75. The summed E-state index contributed by atoms with van der Waals surface area (Å²) in [5.74, 6) is -2.17. The minimum Gasteiger partial charge on any atom is -0.480 e. The van der Waals surface area contributed by atoms with Crippen LogP contribution >= 0.6 is 0 Å². The molecule has 0 aliphatic carbocycles. The van der Waals surface area contributed by atoms with Gasteiger partial charge in [-0.25, -0.2) is 9.18 Å². The SMILES string of the molecule is O=C1C[C@H](c2ccc(F)cc2)[C@@H](C(=O)O)N1. The predicted molar refractivity (Wildman–Crippen MR) is 53.3 cm³/mol. The Morgan fingerprint density at radius 2 is 2.00 bits per heavy atom. The smallest absolute Gasteiger partial charge is 0.326 e. The second kappa shape index (κ2) is 3.92. The molecule has 0 saturated carbocycles. The van der Waals surface area contributed by atoms with E-state index in [1.165, 1.54) is 24.3 Å². The number of rotatable bonds is 2. The maximum atomic E-state index is 12.7. The van der Waals surface area contributed by atoms with Crippen LogP contribution in [0, 0.1) is 5.82 Å². The van der Waals surface area contributed by atoms with Crippen molar-refractivity contribution in [2.24, 2.45) is 0 Å². The highest BCUT2D eigenvalue weighted by Gasteiger charge is 2.38. The van der Waals surface area contributed by atoms with Crippen LogP contribution in [0.2, 0.25) is 0 Å². The topological polar surface area (TPSA) is 66.4 Å². The zero-order valence-electron chi connectivity index (χ0n) is 8.31. The van der Waals surface area contributed by atoms with Crippen molar-refractivity contribution >= 4 is 11.9 Å². The molecule has 0 aromatic heterocycles. The van der Waals surface area contributed by atoms with Gasteiger partial charge in [0, 0.05) is 12.3 Å². The number of carbonyl (C=O) groups excluding carboxylic acids is 1. The molecule has 1 aliphatic heterocycles. The standard InChI is InChI=1S/C11H10FNO3/c12-7-3-1-6(2-4-7)8-5-9(14)13-10(8)11(15)16/h1-4,8,10H,5H2,(H,13,14)(H,15,16)/t8-,10+/m1/s1. The Bertz CT molecular complexity index is 429. The Labute approximate surface area is 91.1 Å². The fraction of sp³-hybridized carbons (Fsp3) is 0.273. The highest BCUT2D eigenvalue weighted by molar-refractivity contribution is 5.89. The highest BCUT2D eigenvalue weighted by atomic mass is 19.1. The molecule has 1 heterocycles. The molecule has 2 N–H and O–H groups in total. The number of carboxylic acids is 1. The van der Waals surface area contributed by atoms with E-state index in [0.717, 1.165) is 0 Å². The lowest BCUT2D eigenvalue weighted by Crippen LogP contribution is -2.36. The predicted octanol–water partition coefficient (Wildman–Crippen LogP) is 0.882. The molecule has 2 atom stereocenters. The molecule has 5 heteroatoms. The molecule has 0 radical (unpaired) electrons. The Kier molecular flexibility index (Phi) is 2.60. The van der Waals surface area contributed by atoms with Gasteiger partial charge >= 0.3 is 5.97 Å². The molecular formula is C11H10FNO3. The van der Waals surface area contributed by atoms with E-state index in [1.807, 2.05) is 0 Å². The molecule has 4 nitrogen and oxygen atoms in total. The molecule has 1 amide bonds. The van der Waals surface area contributed by atoms with Gasteiger partial charge in [-0.2, -0.15) is 0 Å². The van der Waals surface area contributed by atoms with E-state index in [0.29, 0.717) is 5.56 Å². The molecule has 1 saturated heterocycles. The molecule has 0 unspecified atom stereocenters. The number of nitrogens with one attached hydrogen (secondary N) is 1. The number of hydrogen-bond acceptors (Lipinski definition) is 2. The van der Waals surface area contributed by atoms with Gasteiger partial charge in [0.05, 0.1) is 0 Å². The monoisotopic (exact) mass is 223 g/mol. The Balaban J connectivity index is 2.28. The minimum atomic E-state index is -1.07. The van der Waals surface area contributed by atoms with Crippen molar-refractivity contribution in [1.29, 1.82) is 0 Å². The lowest BCUT2D eigenvalue weighted by atomic mass is 9.92. The molecule has 1 fully saturated rings. The third kappa shape index (κ3) is 1.88. The van der Waals surface area contributed by atoms with Crippen molar-refractivity contribution in [2.75, 3.05) is 0 Å². The number of aliphatic carboxylic acids is 1. The van der Waals surface area contributed by atoms with Crippen LogP contribution in [-0.4, -0.2) is 23.0 Å². The summed E-state index contributed by atoms with van der Waals surface area (Å²) in [6.45, 7) is 0. The number of carboxylic acid groups (broad SMARTS) is 1. The lowest BCUT2D eigenvalue weighted by Gasteiger charge is -2.14. The van der Waals surface area contributed by atoms with Gasteiger partial charge in [0.1, 0.15) is 11.9 Å². The van der Waals surface area contributed by atoms with Gasteiger partial charge in [-0.05, 0) is 17.7 Å². The number of benzene rings is 1. The van der Waals surface area contributed by atoms with Crippen LogP contribution in [0.3, 0.4) is 0 Å². The van der Waals surface area contributed by atoms with E-state index in [4.69, 9.17) is 5.11 Å². The van der Waals surface area contributed by atoms with E-state index in [2.05, 4.69) is 5.32 Å². The van der Waals surface area contributed by atoms with Gasteiger partial charge in [0.25, 0.3) is 0 Å². The third-order valence-corrected chi connectivity index (χ3v) is 2.69. The normalized spacial score (nSPS) is 24.2. The van der Waals surface area contributed by atoms with Crippen LogP contribution in [0.25, 0.3) is 0 Å². The maximum absolute atomic E-state index is 12.7. The zero-order chi connectivity index (χ0) is 11.7. The second-order valence-corrected chi connectivity index (χ2v) is 3.75. The first-order valence-electron chi connectivity index (χ1n) is 4.85. The van der Waals surface area contributed by atoms with Crippen LogP contribution in [0.5, 0.6) is 0 Å². The summed E-state index contributed by atoms with van der Waals surface area (Å²) in [6, 6.07) is 4.62. The minimum absolute atomic E-state index is 0.128. The Morgan fingerprint density at radius 3 is 2.56 bits per heavy atom. The summed E-state index contributed by atoms with van der Waals surface area (Å²) in [4.78, 5) is 22.1. The van der Waals surface area contributed by atoms with Crippen LogP contribution in [-0.2, 0) is 9.59 Å². The van der Waals surface area contributed by atoms with E-state index >= 15 is 0 Å². The van der Waals surface area contributed by atoms with Gasteiger partial charge in [-0.1, -0.05) is 12.1 Å². The van der Waals surface area contributed by atoms with Gasteiger partial charge in [0.2, 0.25) is 5.91 Å². The van der Waals surface area contributed by atoms with Crippen molar-refractivity contribution < 1.29 is 19.1 Å². The molecule has 2 rings (SSSR count). The van der Waals surface area contributed by atoms with Gasteiger partial charge in [0.15, 0.2) is 0 Å². The van der Waals surface area contributed by atoms with Crippen molar-refractivity contribution in [2.45, 2.75) is 18.4 Å². The number of hydrogen-bond donors (Lipinski definition) is 2.